The van der Waals surface area contributed by atoms with Crippen molar-refractivity contribution < 1.29 is 14.3 Å². The molecule has 0 saturated carbocycles. The van der Waals surface area contributed by atoms with Crippen LogP contribution < -0.4 is 9.47 Å². The van der Waals surface area contributed by atoms with Gasteiger partial charge in [0, 0.05) is 32.1 Å². The van der Waals surface area contributed by atoms with Gasteiger partial charge in [-0.15, -0.1) is 0 Å². The monoisotopic (exact) mass is 338 g/mol. The van der Waals surface area contributed by atoms with Crippen molar-refractivity contribution >= 4 is 5.78 Å². The summed E-state index contributed by atoms with van der Waals surface area (Å²) in [6.45, 7) is 1.68. The highest BCUT2D eigenvalue weighted by molar-refractivity contribution is 5.82. The number of ether oxygens (including phenoxy) is 2. The highest BCUT2D eigenvalue weighted by Gasteiger charge is 2.49. The Bertz CT molecular complexity index is 806. The van der Waals surface area contributed by atoms with Crippen LogP contribution in [0.3, 0.4) is 0 Å². The second-order valence-electron chi connectivity index (χ2n) is 6.64. The van der Waals surface area contributed by atoms with E-state index in [-0.39, 0.29) is 5.78 Å². The first kappa shape index (κ1) is 16.1. The molecule has 0 spiro atoms. The van der Waals surface area contributed by atoms with E-state index in [4.69, 9.17) is 9.47 Å². The summed E-state index contributed by atoms with van der Waals surface area (Å²) in [6.07, 6.45) is 3.79. The Morgan fingerprint density at radius 3 is 2.56 bits per heavy atom. The summed E-state index contributed by atoms with van der Waals surface area (Å²) < 4.78 is 11.0. The molecule has 1 saturated heterocycles. The molecule has 1 aromatic heterocycles. The molecule has 2 aliphatic rings. The molecule has 130 valence electrons. The van der Waals surface area contributed by atoms with E-state index in [1.807, 2.05) is 24.3 Å². The molecule has 25 heavy (non-hydrogen) atoms. The topological polar surface area (TPSA) is 51.7 Å². The number of methoxy groups -OCH3 is 2. The van der Waals surface area contributed by atoms with E-state index in [2.05, 4.69) is 16.0 Å². The Labute approximate surface area is 147 Å². The summed E-state index contributed by atoms with van der Waals surface area (Å²) in [5, 5.41) is 0. The number of carbonyl (C=O) groups is 1. The van der Waals surface area contributed by atoms with Crippen LogP contribution in [0.4, 0.5) is 0 Å². The third-order valence-electron chi connectivity index (χ3n) is 5.45. The highest BCUT2D eigenvalue weighted by Crippen LogP contribution is 2.48. The van der Waals surface area contributed by atoms with Gasteiger partial charge in [0.15, 0.2) is 11.5 Å². The van der Waals surface area contributed by atoms with Crippen LogP contribution in [0.2, 0.25) is 0 Å². The number of pyridine rings is 1. The number of carbonyl (C=O) groups excluding carboxylic acids is 1. The minimum atomic E-state index is -0.510. The van der Waals surface area contributed by atoms with Crippen LogP contribution in [0.25, 0.3) is 0 Å². The van der Waals surface area contributed by atoms with Crippen molar-refractivity contribution in [1.29, 1.82) is 0 Å². The second kappa shape index (κ2) is 6.15. The van der Waals surface area contributed by atoms with Crippen molar-refractivity contribution in [3.63, 3.8) is 0 Å². The van der Waals surface area contributed by atoms with Gasteiger partial charge in [0.1, 0.15) is 5.78 Å². The fourth-order valence-corrected chi connectivity index (χ4v) is 4.27. The van der Waals surface area contributed by atoms with Gasteiger partial charge in [-0.2, -0.15) is 0 Å². The predicted molar refractivity (Wildman–Crippen MR) is 94.1 cm³/mol. The molecule has 2 aromatic rings. The Kier molecular flexibility index (Phi) is 3.96. The Morgan fingerprint density at radius 2 is 1.84 bits per heavy atom. The molecule has 5 nitrogen and oxygen atoms in total. The molecule has 0 radical (unpaired) electrons. The van der Waals surface area contributed by atoms with Crippen LogP contribution in [0.15, 0.2) is 36.5 Å². The summed E-state index contributed by atoms with van der Waals surface area (Å²) in [7, 11) is 3.29. The first-order valence-electron chi connectivity index (χ1n) is 8.62. The zero-order valence-corrected chi connectivity index (χ0v) is 14.6. The third-order valence-corrected chi connectivity index (χ3v) is 5.45. The minimum Gasteiger partial charge on any atom is -0.493 e. The molecule has 0 aliphatic carbocycles. The Morgan fingerprint density at radius 1 is 1.08 bits per heavy atom. The standard InChI is InChI=1S/C20H22N2O3/c1-24-17-11-14-6-9-22-10-7-15(23)13-20(22,16(14)12-18(17)25-2)19-5-3-4-8-21-19/h3-5,8,11-12H,6-7,9-10,13H2,1-2H3. The van der Waals surface area contributed by atoms with Crippen molar-refractivity contribution in [3.8, 4) is 11.5 Å². The lowest BCUT2D eigenvalue weighted by Gasteiger charge is -2.50. The molecule has 3 heterocycles. The zero-order chi connectivity index (χ0) is 17.4. The first-order chi connectivity index (χ1) is 12.2. The fourth-order valence-electron chi connectivity index (χ4n) is 4.27. The number of hydrogen-bond acceptors (Lipinski definition) is 5. The lowest BCUT2D eigenvalue weighted by Crippen LogP contribution is -2.56. The number of nitrogens with zero attached hydrogens (tertiary/aromatic N) is 2. The van der Waals surface area contributed by atoms with Gasteiger partial charge in [-0.25, -0.2) is 0 Å². The van der Waals surface area contributed by atoms with Crippen molar-refractivity contribution in [2.75, 3.05) is 27.3 Å². The number of rotatable bonds is 3. The smallest absolute Gasteiger partial charge is 0.161 e. The van der Waals surface area contributed by atoms with Crippen molar-refractivity contribution in [1.82, 2.24) is 9.88 Å². The molecule has 0 N–H and O–H groups in total. The average Bonchev–Trinajstić information content (AvgIpc) is 2.67. The van der Waals surface area contributed by atoms with E-state index in [1.165, 1.54) is 5.56 Å². The van der Waals surface area contributed by atoms with E-state index >= 15 is 0 Å². The molecular formula is C20H22N2O3. The van der Waals surface area contributed by atoms with Crippen molar-refractivity contribution in [3.05, 3.63) is 53.3 Å². The van der Waals surface area contributed by atoms with Gasteiger partial charge in [0.25, 0.3) is 0 Å². The maximum atomic E-state index is 12.5. The largest absolute Gasteiger partial charge is 0.493 e. The zero-order valence-electron chi connectivity index (χ0n) is 14.6. The lowest BCUT2D eigenvalue weighted by atomic mass is 9.72. The van der Waals surface area contributed by atoms with Gasteiger partial charge in [-0.05, 0) is 41.8 Å². The quantitative estimate of drug-likeness (QED) is 0.861. The molecule has 1 fully saturated rings. The first-order valence-corrected chi connectivity index (χ1v) is 8.62. The Balaban J connectivity index is 1.98. The van der Waals surface area contributed by atoms with Crippen LogP contribution in [0.5, 0.6) is 11.5 Å². The maximum Gasteiger partial charge on any atom is 0.161 e. The number of fused-ring (bicyclic) bond motifs is 3. The van der Waals surface area contributed by atoms with E-state index in [0.29, 0.717) is 18.6 Å². The average molecular weight is 338 g/mol. The molecule has 1 unspecified atom stereocenters. The molecule has 1 atom stereocenters. The van der Waals surface area contributed by atoms with Gasteiger partial charge in [-0.1, -0.05) is 6.07 Å². The van der Waals surface area contributed by atoms with Crippen LogP contribution in [-0.2, 0) is 16.8 Å². The SMILES string of the molecule is COc1cc2c(cc1OC)C1(c3ccccn3)CC(=O)CCN1CC2. The fraction of sp³-hybridized carbons (Fsp3) is 0.400. The van der Waals surface area contributed by atoms with E-state index < -0.39 is 5.54 Å². The molecule has 5 heteroatoms. The molecule has 2 aliphatic heterocycles. The van der Waals surface area contributed by atoms with Gasteiger partial charge in [0.05, 0.1) is 25.5 Å². The number of benzene rings is 1. The maximum absolute atomic E-state index is 12.5. The van der Waals surface area contributed by atoms with E-state index in [1.54, 1.807) is 20.4 Å². The molecular weight excluding hydrogens is 316 g/mol. The summed E-state index contributed by atoms with van der Waals surface area (Å²) in [5.41, 5.74) is 2.73. The van der Waals surface area contributed by atoms with Gasteiger partial charge >= 0.3 is 0 Å². The summed E-state index contributed by atoms with van der Waals surface area (Å²) in [4.78, 5) is 19.5. The van der Waals surface area contributed by atoms with E-state index in [9.17, 15) is 4.79 Å². The normalized spacial score (nSPS) is 22.9. The molecule has 0 bridgehead atoms. The lowest BCUT2D eigenvalue weighted by molar-refractivity contribution is -0.126. The number of aromatic nitrogens is 1. The second-order valence-corrected chi connectivity index (χ2v) is 6.64. The van der Waals surface area contributed by atoms with Gasteiger partial charge in [0.2, 0.25) is 0 Å². The van der Waals surface area contributed by atoms with E-state index in [0.717, 1.165) is 36.5 Å². The van der Waals surface area contributed by atoms with Crippen LogP contribution in [0, 0.1) is 0 Å². The number of hydrogen-bond donors (Lipinski definition) is 0. The summed E-state index contributed by atoms with van der Waals surface area (Å²) in [5.74, 6) is 1.70. The molecule has 0 amide bonds. The minimum absolute atomic E-state index is 0.282. The number of ketones is 1. The van der Waals surface area contributed by atoms with Crippen LogP contribution in [-0.4, -0.2) is 43.0 Å². The highest BCUT2D eigenvalue weighted by atomic mass is 16.5. The van der Waals surface area contributed by atoms with Crippen LogP contribution in [0.1, 0.15) is 29.7 Å². The Hall–Kier alpha value is -2.40. The summed E-state index contributed by atoms with van der Waals surface area (Å²) >= 11 is 0. The van der Waals surface area contributed by atoms with Crippen molar-refractivity contribution in [2.24, 2.45) is 0 Å². The molecule has 4 rings (SSSR count). The third kappa shape index (κ3) is 2.42. The number of piperidine rings is 1. The van der Waals surface area contributed by atoms with Gasteiger partial charge in [-0.3, -0.25) is 14.7 Å². The predicted octanol–water partition coefficient (Wildman–Crippen LogP) is 2.56. The van der Waals surface area contributed by atoms with Crippen molar-refractivity contribution in [2.45, 2.75) is 24.8 Å². The van der Waals surface area contributed by atoms with Crippen LogP contribution >= 0.6 is 0 Å². The summed E-state index contributed by atoms with van der Waals surface area (Å²) in [6, 6.07) is 10.0. The van der Waals surface area contributed by atoms with Gasteiger partial charge < -0.3 is 9.47 Å². The molecule has 1 aromatic carbocycles. The number of Topliss-reactive ketones (excluding diaryl/α,β-unsaturated/α-hetero) is 1.